The summed E-state index contributed by atoms with van der Waals surface area (Å²) in [6.45, 7) is 0.662. The molecule has 2 N–H and O–H groups in total. The van der Waals surface area contributed by atoms with E-state index in [1.807, 2.05) is 36.4 Å². The maximum atomic E-state index is 5.13. The van der Waals surface area contributed by atoms with Gasteiger partial charge in [-0.05, 0) is 29.8 Å². The van der Waals surface area contributed by atoms with Gasteiger partial charge in [-0.2, -0.15) is 10.1 Å². The lowest BCUT2D eigenvalue weighted by Crippen LogP contribution is -2.00. The minimum absolute atomic E-state index is 0.637. The predicted molar refractivity (Wildman–Crippen MR) is 79.9 cm³/mol. The van der Waals surface area contributed by atoms with Crippen LogP contribution in [0.5, 0.6) is 5.75 Å². The molecule has 3 rings (SSSR count). The second-order valence-corrected chi connectivity index (χ2v) is 4.45. The molecule has 3 aromatic rings. The summed E-state index contributed by atoms with van der Waals surface area (Å²) in [7, 11) is 1.66. The van der Waals surface area contributed by atoms with Crippen molar-refractivity contribution in [3.8, 4) is 17.1 Å². The summed E-state index contributed by atoms with van der Waals surface area (Å²) in [5.74, 6) is 2.13. The van der Waals surface area contributed by atoms with Crippen LogP contribution in [-0.4, -0.2) is 27.3 Å². The number of nitrogens with zero attached hydrogens (tertiary/aromatic N) is 3. The van der Waals surface area contributed by atoms with Crippen LogP contribution in [-0.2, 0) is 6.54 Å². The maximum absolute atomic E-state index is 5.13. The highest BCUT2D eigenvalue weighted by atomic mass is 16.5. The average Bonchev–Trinajstić information content (AvgIpc) is 3.03. The normalized spacial score (nSPS) is 10.3. The largest absolute Gasteiger partial charge is 0.497 e. The van der Waals surface area contributed by atoms with Gasteiger partial charge in [-0.15, -0.1) is 0 Å². The first-order valence-electron chi connectivity index (χ1n) is 6.55. The number of ether oxygens (including phenoxy) is 1. The lowest BCUT2D eigenvalue weighted by Gasteiger charge is -2.04. The minimum Gasteiger partial charge on any atom is -0.497 e. The molecule has 0 aliphatic rings. The number of benzene rings is 1. The Labute approximate surface area is 122 Å². The average molecular weight is 281 g/mol. The molecule has 0 bridgehead atoms. The number of pyridine rings is 1. The Bertz CT molecular complexity index is 694. The van der Waals surface area contributed by atoms with E-state index in [4.69, 9.17) is 4.74 Å². The van der Waals surface area contributed by atoms with E-state index in [1.165, 1.54) is 0 Å². The topological polar surface area (TPSA) is 75.7 Å². The van der Waals surface area contributed by atoms with Crippen LogP contribution in [0.2, 0.25) is 0 Å². The van der Waals surface area contributed by atoms with Gasteiger partial charge in [0.25, 0.3) is 0 Å². The van der Waals surface area contributed by atoms with E-state index in [9.17, 15) is 0 Å². The van der Waals surface area contributed by atoms with Crippen molar-refractivity contribution in [3.05, 3.63) is 54.4 Å². The molecule has 0 spiro atoms. The second kappa shape index (κ2) is 6.04. The number of aromatic nitrogens is 4. The first-order valence-corrected chi connectivity index (χ1v) is 6.55. The van der Waals surface area contributed by atoms with E-state index >= 15 is 0 Å². The lowest BCUT2D eigenvalue weighted by atomic mass is 10.2. The van der Waals surface area contributed by atoms with Crippen LogP contribution >= 0.6 is 0 Å². The molecule has 0 unspecified atom stereocenters. The second-order valence-electron chi connectivity index (χ2n) is 4.45. The summed E-state index contributed by atoms with van der Waals surface area (Å²) in [4.78, 5) is 8.38. The quantitative estimate of drug-likeness (QED) is 0.751. The fourth-order valence-electron chi connectivity index (χ4n) is 1.90. The number of methoxy groups -OCH3 is 1. The number of hydrogen-bond donors (Lipinski definition) is 2. The molecule has 0 saturated carbocycles. The molecule has 2 aromatic heterocycles. The van der Waals surface area contributed by atoms with Crippen LogP contribution in [0.25, 0.3) is 11.4 Å². The van der Waals surface area contributed by atoms with Crippen molar-refractivity contribution in [3.63, 3.8) is 0 Å². The summed E-state index contributed by atoms with van der Waals surface area (Å²) in [5, 5.41) is 10.3. The Kier molecular flexibility index (Phi) is 3.77. The van der Waals surface area contributed by atoms with Crippen molar-refractivity contribution in [2.75, 3.05) is 12.4 Å². The smallest absolute Gasteiger partial charge is 0.219 e. The lowest BCUT2D eigenvalue weighted by molar-refractivity contribution is 0.414. The molecule has 0 radical (unpaired) electrons. The third kappa shape index (κ3) is 3.17. The monoisotopic (exact) mass is 281 g/mol. The van der Waals surface area contributed by atoms with Gasteiger partial charge in [-0.25, -0.2) is 5.10 Å². The van der Waals surface area contributed by atoms with Gasteiger partial charge in [0.2, 0.25) is 5.95 Å². The molecule has 0 atom stereocenters. The van der Waals surface area contributed by atoms with Crippen LogP contribution in [0.4, 0.5) is 5.95 Å². The summed E-state index contributed by atoms with van der Waals surface area (Å²) in [6, 6.07) is 11.6. The highest BCUT2D eigenvalue weighted by Crippen LogP contribution is 2.15. The third-order valence-electron chi connectivity index (χ3n) is 3.04. The van der Waals surface area contributed by atoms with Crippen molar-refractivity contribution in [2.45, 2.75) is 6.54 Å². The van der Waals surface area contributed by atoms with E-state index < -0.39 is 0 Å². The van der Waals surface area contributed by atoms with Crippen molar-refractivity contribution >= 4 is 5.95 Å². The van der Waals surface area contributed by atoms with Crippen LogP contribution < -0.4 is 10.1 Å². The van der Waals surface area contributed by atoms with E-state index in [2.05, 4.69) is 25.5 Å². The molecule has 21 heavy (non-hydrogen) atoms. The van der Waals surface area contributed by atoms with Crippen molar-refractivity contribution in [1.29, 1.82) is 0 Å². The summed E-state index contributed by atoms with van der Waals surface area (Å²) in [5.41, 5.74) is 2.07. The zero-order chi connectivity index (χ0) is 14.5. The summed E-state index contributed by atoms with van der Waals surface area (Å²) >= 11 is 0. The van der Waals surface area contributed by atoms with E-state index in [0.717, 1.165) is 16.9 Å². The SMILES string of the molecule is COc1ccc(CNc2nc(-c3ccncc3)n[nH]2)cc1. The molecule has 0 fully saturated rings. The van der Waals surface area contributed by atoms with Gasteiger partial charge >= 0.3 is 0 Å². The van der Waals surface area contributed by atoms with Gasteiger partial charge in [0.15, 0.2) is 5.82 Å². The minimum atomic E-state index is 0.637. The number of aromatic amines is 1. The zero-order valence-electron chi connectivity index (χ0n) is 11.6. The first kappa shape index (κ1) is 13.1. The Morgan fingerprint density at radius 2 is 1.86 bits per heavy atom. The van der Waals surface area contributed by atoms with Gasteiger partial charge in [-0.1, -0.05) is 12.1 Å². The highest BCUT2D eigenvalue weighted by molar-refractivity contribution is 5.54. The number of hydrogen-bond acceptors (Lipinski definition) is 5. The first-order chi connectivity index (χ1) is 10.3. The molecule has 0 aliphatic heterocycles. The highest BCUT2D eigenvalue weighted by Gasteiger charge is 2.05. The standard InChI is InChI=1S/C15H15N5O/c1-21-13-4-2-11(3-5-13)10-17-15-18-14(19-20-15)12-6-8-16-9-7-12/h2-9H,10H2,1H3,(H2,17,18,19,20). The third-order valence-corrected chi connectivity index (χ3v) is 3.04. The van der Waals surface area contributed by atoms with E-state index in [1.54, 1.807) is 19.5 Å². The molecular weight excluding hydrogens is 266 g/mol. The Balaban J connectivity index is 1.64. The molecule has 0 saturated heterocycles. The van der Waals surface area contributed by atoms with Gasteiger partial charge < -0.3 is 10.1 Å². The van der Waals surface area contributed by atoms with E-state index in [0.29, 0.717) is 18.3 Å². The van der Waals surface area contributed by atoms with Crippen molar-refractivity contribution in [2.24, 2.45) is 0 Å². The molecule has 6 nitrogen and oxygen atoms in total. The fraction of sp³-hybridized carbons (Fsp3) is 0.133. The van der Waals surface area contributed by atoms with Crippen LogP contribution in [0.3, 0.4) is 0 Å². The molecule has 0 aliphatic carbocycles. The molecular formula is C15H15N5O. The zero-order valence-corrected chi connectivity index (χ0v) is 11.6. The van der Waals surface area contributed by atoms with Gasteiger partial charge in [0.1, 0.15) is 5.75 Å². The van der Waals surface area contributed by atoms with Crippen LogP contribution in [0.15, 0.2) is 48.8 Å². The molecule has 106 valence electrons. The van der Waals surface area contributed by atoms with E-state index in [-0.39, 0.29) is 0 Å². The Hall–Kier alpha value is -2.89. The van der Waals surface area contributed by atoms with Gasteiger partial charge in [0, 0.05) is 24.5 Å². The molecule has 0 amide bonds. The van der Waals surface area contributed by atoms with Crippen molar-refractivity contribution in [1.82, 2.24) is 20.2 Å². The molecule has 6 heteroatoms. The number of anilines is 1. The summed E-state index contributed by atoms with van der Waals surface area (Å²) < 4.78 is 5.13. The maximum Gasteiger partial charge on any atom is 0.219 e. The number of H-pyrrole nitrogens is 1. The Morgan fingerprint density at radius 1 is 1.10 bits per heavy atom. The van der Waals surface area contributed by atoms with Crippen molar-refractivity contribution < 1.29 is 4.74 Å². The van der Waals surface area contributed by atoms with Crippen LogP contribution in [0.1, 0.15) is 5.56 Å². The van der Waals surface area contributed by atoms with Gasteiger partial charge in [0.05, 0.1) is 7.11 Å². The fourth-order valence-corrected chi connectivity index (χ4v) is 1.90. The number of nitrogens with one attached hydrogen (secondary N) is 2. The Morgan fingerprint density at radius 3 is 2.57 bits per heavy atom. The number of rotatable bonds is 5. The molecule has 1 aromatic carbocycles. The van der Waals surface area contributed by atoms with Crippen LogP contribution in [0, 0.1) is 0 Å². The van der Waals surface area contributed by atoms with Gasteiger partial charge in [-0.3, -0.25) is 4.98 Å². The molecule has 2 heterocycles. The predicted octanol–water partition coefficient (Wildman–Crippen LogP) is 2.49. The summed E-state index contributed by atoms with van der Waals surface area (Å²) in [6.07, 6.45) is 3.44.